The van der Waals surface area contributed by atoms with Crippen LogP contribution in [0.1, 0.15) is 23.6 Å². The minimum atomic E-state index is -0.132. The second-order valence-electron chi connectivity index (χ2n) is 6.00. The summed E-state index contributed by atoms with van der Waals surface area (Å²) >= 11 is 0. The second-order valence-corrected chi connectivity index (χ2v) is 6.00. The third-order valence-corrected chi connectivity index (χ3v) is 4.17. The van der Waals surface area contributed by atoms with Crippen LogP contribution in [0.5, 0.6) is 5.75 Å². The number of allylic oxidation sites excluding steroid dienone is 1. The minimum absolute atomic E-state index is 0.132. The number of amides is 1. The van der Waals surface area contributed by atoms with E-state index in [4.69, 9.17) is 9.15 Å². The highest BCUT2D eigenvalue weighted by atomic mass is 16.5. The van der Waals surface area contributed by atoms with Gasteiger partial charge in [-0.2, -0.15) is 0 Å². The van der Waals surface area contributed by atoms with Crippen LogP contribution in [-0.2, 0) is 11.3 Å². The standard InChI is InChI=1S/C21H21NO3/c1-14(9-21(23)22-12-16-7-5-4-6-8-16)17-10-18-15(2)13-25-20(18)11-19(17)24-3/h4-11,13H,12H2,1-3H3,(H,22,23)/b14-9+. The Hall–Kier alpha value is -3.01. The molecule has 0 radical (unpaired) electrons. The van der Waals surface area contributed by atoms with E-state index < -0.39 is 0 Å². The molecule has 0 fully saturated rings. The molecule has 3 aromatic rings. The molecular weight excluding hydrogens is 314 g/mol. The number of carbonyl (C=O) groups excluding carboxylic acids is 1. The van der Waals surface area contributed by atoms with Gasteiger partial charge in [-0.05, 0) is 36.6 Å². The molecule has 1 heterocycles. The largest absolute Gasteiger partial charge is 0.496 e. The molecule has 0 aliphatic rings. The molecule has 4 heteroatoms. The van der Waals surface area contributed by atoms with Gasteiger partial charge >= 0.3 is 0 Å². The number of methoxy groups -OCH3 is 1. The Bertz CT molecular complexity index is 923. The van der Waals surface area contributed by atoms with Gasteiger partial charge in [0.15, 0.2) is 0 Å². The van der Waals surface area contributed by atoms with E-state index in [0.717, 1.165) is 33.2 Å². The van der Waals surface area contributed by atoms with Gasteiger partial charge in [0.05, 0.1) is 13.4 Å². The van der Waals surface area contributed by atoms with Crippen molar-refractivity contribution in [2.24, 2.45) is 0 Å². The number of furan rings is 1. The van der Waals surface area contributed by atoms with Crippen molar-refractivity contribution in [3.8, 4) is 5.75 Å². The number of hydrogen-bond acceptors (Lipinski definition) is 3. The lowest BCUT2D eigenvalue weighted by Crippen LogP contribution is -2.20. The highest BCUT2D eigenvalue weighted by Crippen LogP contribution is 2.33. The molecule has 0 unspecified atom stereocenters. The first kappa shape index (κ1) is 16.8. The van der Waals surface area contributed by atoms with Crippen LogP contribution in [0.15, 0.2) is 59.2 Å². The Morgan fingerprint density at radius 2 is 2.00 bits per heavy atom. The predicted octanol–water partition coefficient (Wildman–Crippen LogP) is 4.47. The van der Waals surface area contributed by atoms with Crippen LogP contribution in [0.4, 0.5) is 0 Å². The maximum Gasteiger partial charge on any atom is 0.244 e. The minimum Gasteiger partial charge on any atom is -0.496 e. The number of hydrogen-bond donors (Lipinski definition) is 1. The van der Waals surface area contributed by atoms with Gasteiger partial charge in [0.25, 0.3) is 0 Å². The van der Waals surface area contributed by atoms with E-state index in [1.165, 1.54) is 0 Å². The summed E-state index contributed by atoms with van der Waals surface area (Å²) < 4.78 is 11.0. The van der Waals surface area contributed by atoms with Gasteiger partial charge in [0, 0.05) is 29.6 Å². The number of ether oxygens (including phenoxy) is 1. The van der Waals surface area contributed by atoms with Crippen molar-refractivity contribution in [3.05, 3.63) is 71.5 Å². The Morgan fingerprint density at radius 1 is 1.24 bits per heavy atom. The Labute approximate surface area is 147 Å². The number of fused-ring (bicyclic) bond motifs is 1. The van der Waals surface area contributed by atoms with E-state index in [2.05, 4.69) is 5.32 Å². The molecule has 0 bridgehead atoms. The lowest BCUT2D eigenvalue weighted by Gasteiger charge is -2.10. The number of rotatable bonds is 5. The molecule has 2 aromatic carbocycles. The topological polar surface area (TPSA) is 51.5 Å². The van der Waals surface area contributed by atoms with E-state index in [1.807, 2.05) is 56.3 Å². The maximum atomic E-state index is 12.2. The Balaban J connectivity index is 1.82. The van der Waals surface area contributed by atoms with E-state index in [0.29, 0.717) is 12.3 Å². The van der Waals surface area contributed by atoms with Crippen molar-refractivity contribution in [1.82, 2.24) is 5.32 Å². The van der Waals surface area contributed by atoms with Crippen molar-refractivity contribution in [1.29, 1.82) is 0 Å². The van der Waals surface area contributed by atoms with Crippen LogP contribution in [-0.4, -0.2) is 13.0 Å². The first-order valence-corrected chi connectivity index (χ1v) is 8.14. The zero-order valence-electron chi connectivity index (χ0n) is 14.6. The van der Waals surface area contributed by atoms with Crippen LogP contribution in [0.3, 0.4) is 0 Å². The van der Waals surface area contributed by atoms with Crippen LogP contribution in [0.25, 0.3) is 16.5 Å². The second kappa shape index (κ2) is 7.26. The Morgan fingerprint density at radius 3 is 2.72 bits per heavy atom. The SMILES string of the molecule is COc1cc2occ(C)c2cc1/C(C)=C/C(=O)NCc1ccccc1. The van der Waals surface area contributed by atoms with E-state index >= 15 is 0 Å². The average molecular weight is 335 g/mol. The van der Waals surface area contributed by atoms with E-state index in [9.17, 15) is 4.79 Å². The first-order valence-electron chi connectivity index (χ1n) is 8.14. The molecule has 0 saturated carbocycles. The smallest absolute Gasteiger partial charge is 0.244 e. The summed E-state index contributed by atoms with van der Waals surface area (Å²) in [6, 6.07) is 13.7. The molecule has 3 rings (SSSR count). The first-order chi connectivity index (χ1) is 12.1. The third kappa shape index (κ3) is 3.74. The van der Waals surface area contributed by atoms with Gasteiger partial charge in [0.1, 0.15) is 11.3 Å². The quantitative estimate of drug-likeness (QED) is 0.700. The molecule has 0 saturated heterocycles. The molecule has 1 N–H and O–H groups in total. The van der Waals surface area contributed by atoms with Crippen LogP contribution in [0.2, 0.25) is 0 Å². The summed E-state index contributed by atoms with van der Waals surface area (Å²) in [7, 11) is 1.61. The Kier molecular flexibility index (Phi) is 4.89. The van der Waals surface area contributed by atoms with Crippen LogP contribution >= 0.6 is 0 Å². The molecule has 0 atom stereocenters. The zero-order chi connectivity index (χ0) is 17.8. The van der Waals surface area contributed by atoms with Crippen molar-refractivity contribution in [3.63, 3.8) is 0 Å². The van der Waals surface area contributed by atoms with Gasteiger partial charge in [-0.15, -0.1) is 0 Å². The monoisotopic (exact) mass is 335 g/mol. The molecule has 1 amide bonds. The molecule has 0 aliphatic heterocycles. The fourth-order valence-electron chi connectivity index (χ4n) is 2.77. The van der Waals surface area contributed by atoms with Crippen molar-refractivity contribution in [2.75, 3.05) is 7.11 Å². The van der Waals surface area contributed by atoms with Crippen LogP contribution < -0.4 is 10.1 Å². The summed E-state index contributed by atoms with van der Waals surface area (Å²) in [4.78, 5) is 12.2. The predicted molar refractivity (Wildman–Crippen MR) is 99.4 cm³/mol. The van der Waals surface area contributed by atoms with Crippen molar-refractivity contribution >= 4 is 22.4 Å². The van der Waals surface area contributed by atoms with E-state index in [1.54, 1.807) is 19.4 Å². The van der Waals surface area contributed by atoms with Gasteiger partial charge in [-0.1, -0.05) is 30.3 Å². The van der Waals surface area contributed by atoms with Crippen molar-refractivity contribution < 1.29 is 13.9 Å². The summed E-state index contributed by atoms with van der Waals surface area (Å²) in [6.45, 7) is 4.40. The maximum absolute atomic E-state index is 12.2. The summed E-state index contributed by atoms with van der Waals surface area (Å²) in [5.41, 5.74) is 4.62. The van der Waals surface area contributed by atoms with Gasteiger partial charge in [-0.3, -0.25) is 4.79 Å². The third-order valence-electron chi connectivity index (χ3n) is 4.17. The normalized spacial score (nSPS) is 11.6. The number of nitrogens with one attached hydrogen (secondary N) is 1. The lowest BCUT2D eigenvalue weighted by molar-refractivity contribution is -0.116. The molecule has 25 heavy (non-hydrogen) atoms. The molecule has 0 aliphatic carbocycles. The molecule has 128 valence electrons. The number of aryl methyl sites for hydroxylation is 1. The molecule has 0 spiro atoms. The summed E-state index contributed by atoms with van der Waals surface area (Å²) in [5.74, 6) is 0.555. The fraction of sp³-hybridized carbons (Fsp3) is 0.190. The van der Waals surface area contributed by atoms with Crippen molar-refractivity contribution in [2.45, 2.75) is 20.4 Å². The summed E-state index contributed by atoms with van der Waals surface area (Å²) in [5, 5.41) is 3.93. The van der Waals surface area contributed by atoms with E-state index in [-0.39, 0.29) is 5.91 Å². The average Bonchev–Trinajstić information content (AvgIpc) is 3.00. The lowest BCUT2D eigenvalue weighted by atomic mass is 10.0. The zero-order valence-corrected chi connectivity index (χ0v) is 14.6. The number of benzene rings is 2. The highest BCUT2D eigenvalue weighted by molar-refractivity contribution is 5.97. The van der Waals surface area contributed by atoms with Crippen LogP contribution in [0, 0.1) is 6.92 Å². The molecular formula is C21H21NO3. The van der Waals surface area contributed by atoms with Gasteiger partial charge in [0.2, 0.25) is 5.91 Å². The number of carbonyl (C=O) groups is 1. The molecule has 4 nitrogen and oxygen atoms in total. The fourth-order valence-corrected chi connectivity index (χ4v) is 2.77. The van der Waals surface area contributed by atoms with Gasteiger partial charge in [-0.25, -0.2) is 0 Å². The highest BCUT2D eigenvalue weighted by Gasteiger charge is 2.12. The summed E-state index contributed by atoms with van der Waals surface area (Å²) in [6.07, 6.45) is 3.32. The molecule has 1 aromatic heterocycles. The van der Waals surface area contributed by atoms with Gasteiger partial charge < -0.3 is 14.5 Å².